The van der Waals surface area contributed by atoms with Crippen molar-refractivity contribution in [1.82, 2.24) is 0 Å². The second-order valence-corrected chi connectivity index (χ2v) is 8.12. The van der Waals surface area contributed by atoms with Crippen molar-refractivity contribution >= 4 is 10.8 Å². The molecule has 2 aromatic rings. The van der Waals surface area contributed by atoms with Gasteiger partial charge in [0.15, 0.2) is 0 Å². The second-order valence-electron chi connectivity index (χ2n) is 6.62. The molecule has 2 atom stereocenters. The number of hydrogen-bond acceptors (Lipinski definition) is 3. The fraction of sp³-hybridized carbons (Fsp3) is 0.333. The summed E-state index contributed by atoms with van der Waals surface area (Å²) in [6.45, 7) is 6.04. The number of hydrogen-bond donors (Lipinski definition) is 0. The maximum Gasteiger partial charge on any atom is 0.131 e. The molecule has 2 aromatic carbocycles. The third-order valence-electron chi connectivity index (χ3n) is 4.76. The molecule has 1 unspecified atom stereocenters. The van der Waals surface area contributed by atoms with Gasteiger partial charge in [-0.25, -0.2) is 4.21 Å². The van der Waals surface area contributed by atoms with Crippen molar-refractivity contribution < 1.29 is 13.7 Å². The van der Waals surface area contributed by atoms with Crippen LogP contribution >= 0.6 is 0 Å². The van der Waals surface area contributed by atoms with Crippen molar-refractivity contribution in [2.45, 2.75) is 44.1 Å². The van der Waals surface area contributed by atoms with Gasteiger partial charge in [0.05, 0.1) is 22.8 Å². The van der Waals surface area contributed by atoms with Gasteiger partial charge in [0.1, 0.15) is 17.1 Å². The maximum atomic E-state index is 12.9. The van der Waals surface area contributed by atoms with E-state index in [4.69, 9.17) is 9.47 Å². The van der Waals surface area contributed by atoms with Crippen LogP contribution in [0.5, 0.6) is 5.75 Å². The Morgan fingerprint density at radius 3 is 2.24 bits per heavy atom. The molecule has 0 fully saturated rings. The van der Waals surface area contributed by atoms with Gasteiger partial charge in [0.25, 0.3) is 0 Å². The SMILES string of the molecule is COc1ccc([C@@]2(C)CCC(S(=O)c3ccc(C)cc3)=C(C)O2)cc1. The van der Waals surface area contributed by atoms with Gasteiger partial charge in [0, 0.05) is 4.90 Å². The van der Waals surface area contributed by atoms with E-state index in [1.807, 2.05) is 62.4 Å². The Kier molecular flexibility index (Phi) is 5.00. The molecule has 0 bridgehead atoms. The van der Waals surface area contributed by atoms with E-state index in [0.717, 1.165) is 39.7 Å². The number of rotatable bonds is 4. The smallest absolute Gasteiger partial charge is 0.131 e. The van der Waals surface area contributed by atoms with Crippen molar-refractivity contribution in [2.24, 2.45) is 0 Å². The Labute approximate surface area is 152 Å². The molecular formula is C21H24O3S. The zero-order chi connectivity index (χ0) is 18.0. The third kappa shape index (κ3) is 3.64. The van der Waals surface area contributed by atoms with Gasteiger partial charge in [-0.1, -0.05) is 29.8 Å². The first-order valence-electron chi connectivity index (χ1n) is 8.45. The Bertz CT molecular complexity index is 806. The lowest BCUT2D eigenvalue weighted by Crippen LogP contribution is -2.29. The standard InChI is InChI=1S/C21H24O3S/c1-15-5-11-19(12-6-15)25(22)20-13-14-21(3,24-16(20)2)17-7-9-18(23-4)10-8-17/h5-12H,13-14H2,1-4H3/t21-,25?/m1/s1. The Morgan fingerprint density at radius 1 is 1.04 bits per heavy atom. The molecule has 1 aliphatic heterocycles. The average molecular weight is 356 g/mol. The number of aryl methyl sites for hydroxylation is 1. The minimum Gasteiger partial charge on any atom is -0.497 e. The Hall–Kier alpha value is -2.07. The summed E-state index contributed by atoms with van der Waals surface area (Å²) in [7, 11) is 0.492. The third-order valence-corrected chi connectivity index (χ3v) is 6.40. The zero-order valence-electron chi connectivity index (χ0n) is 15.2. The highest BCUT2D eigenvalue weighted by atomic mass is 32.2. The Morgan fingerprint density at radius 2 is 1.68 bits per heavy atom. The largest absolute Gasteiger partial charge is 0.497 e. The van der Waals surface area contributed by atoms with Gasteiger partial charge < -0.3 is 9.47 Å². The summed E-state index contributed by atoms with van der Waals surface area (Å²) >= 11 is 0. The van der Waals surface area contributed by atoms with E-state index in [9.17, 15) is 4.21 Å². The van der Waals surface area contributed by atoms with Gasteiger partial charge in [-0.15, -0.1) is 0 Å². The molecule has 0 radical (unpaired) electrons. The van der Waals surface area contributed by atoms with E-state index in [-0.39, 0.29) is 0 Å². The highest BCUT2D eigenvalue weighted by Gasteiger charge is 2.35. The normalized spacial score (nSPS) is 21.6. The molecule has 0 saturated heterocycles. The number of allylic oxidation sites excluding steroid dienone is 2. The first kappa shape index (κ1) is 17.7. The lowest BCUT2D eigenvalue weighted by Gasteiger charge is -2.36. The predicted octanol–water partition coefficient (Wildman–Crippen LogP) is 5.07. The molecule has 25 heavy (non-hydrogen) atoms. The van der Waals surface area contributed by atoms with Crippen LogP contribution < -0.4 is 4.74 Å². The monoisotopic (exact) mass is 356 g/mol. The lowest BCUT2D eigenvalue weighted by atomic mass is 9.89. The second kappa shape index (κ2) is 7.04. The summed E-state index contributed by atoms with van der Waals surface area (Å²) in [6, 6.07) is 15.8. The quantitative estimate of drug-likeness (QED) is 0.767. The molecule has 0 amide bonds. The highest BCUT2D eigenvalue weighted by Crippen LogP contribution is 2.41. The van der Waals surface area contributed by atoms with Gasteiger partial charge in [-0.2, -0.15) is 0 Å². The van der Waals surface area contributed by atoms with Crippen molar-refractivity contribution in [3.8, 4) is 5.75 Å². The maximum absolute atomic E-state index is 12.9. The van der Waals surface area contributed by atoms with Gasteiger partial charge in [-0.3, -0.25) is 0 Å². The molecule has 0 N–H and O–H groups in total. The van der Waals surface area contributed by atoms with Crippen LogP contribution in [0.15, 0.2) is 64.1 Å². The van der Waals surface area contributed by atoms with Crippen LogP contribution in [0, 0.1) is 6.92 Å². The van der Waals surface area contributed by atoms with Gasteiger partial charge >= 0.3 is 0 Å². The first-order chi connectivity index (χ1) is 11.9. The Balaban J connectivity index is 1.84. The molecule has 3 nitrogen and oxygen atoms in total. The summed E-state index contributed by atoms with van der Waals surface area (Å²) in [5, 5.41) is 0. The minimum atomic E-state index is -1.17. The molecule has 4 heteroatoms. The number of methoxy groups -OCH3 is 1. The minimum absolute atomic E-state index is 0.405. The van der Waals surface area contributed by atoms with Crippen molar-refractivity contribution in [2.75, 3.05) is 7.11 Å². The summed E-state index contributed by atoms with van der Waals surface area (Å²) in [5.74, 6) is 1.60. The molecule has 0 spiro atoms. The van der Waals surface area contributed by atoms with Gasteiger partial charge in [-0.05, 0) is 63.4 Å². The van der Waals surface area contributed by atoms with E-state index in [0.29, 0.717) is 0 Å². The molecule has 0 aliphatic carbocycles. The molecule has 132 valence electrons. The zero-order valence-corrected chi connectivity index (χ0v) is 16.0. The van der Waals surface area contributed by atoms with Crippen LogP contribution in [0.25, 0.3) is 0 Å². The van der Waals surface area contributed by atoms with Crippen molar-refractivity contribution in [1.29, 1.82) is 0 Å². The van der Waals surface area contributed by atoms with E-state index < -0.39 is 16.4 Å². The number of benzene rings is 2. The topological polar surface area (TPSA) is 35.5 Å². The van der Waals surface area contributed by atoms with Gasteiger partial charge in [0.2, 0.25) is 0 Å². The van der Waals surface area contributed by atoms with E-state index in [2.05, 4.69) is 6.92 Å². The van der Waals surface area contributed by atoms with Crippen molar-refractivity contribution in [3.63, 3.8) is 0 Å². The first-order valence-corrected chi connectivity index (χ1v) is 9.60. The van der Waals surface area contributed by atoms with Crippen LogP contribution in [-0.2, 0) is 21.1 Å². The molecular weight excluding hydrogens is 332 g/mol. The summed E-state index contributed by atoms with van der Waals surface area (Å²) < 4.78 is 24.4. The molecule has 1 aliphatic rings. The van der Waals surface area contributed by atoms with Crippen LogP contribution in [-0.4, -0.2) is 11.3 Å². The van der Waals surface area contributed by atoms with Crippen LogP contribution in [0.2, 0.25) is 0 Å². The fourth-order valence-corrected chi connectivity index (χ4v) is 4.41. The number of ether oxygens (including phenoxy) is 2. The van der Waals surface area contributed by atoms with Crippen LogP contribution in [0.4, 0.5) is 0 Å². The van der Waals surface area contributed by atoms with Crippen LogP contribution in [0.3, 0.4) is 0 Å². The molecule has 0 aromatic heterocycles. The molecule has 1 heterocycles. The molecule has 0 saturated carbocycles. The van der Waals surface area contributed by atoms with Crippen molar-refractivity contribution in [3.05, 3.63) is 70.3 Å². The van der Waals surface area contributed by atoms with E-state index >= 15 is 0 Å². The molecule has 3 rings (SSSR count). The van der Waals surface area contributed by atoms with E-state index in [1.165, 1.54) is 5.56 Å². The average Bonchev–Trinajstić information content (AvgIpc) is 2.62. The fourth-order valence-electron chi connectivity index (χ4n) is 3.15. The van der Waals surface area contributed by atoms with E-state index in [1.54, 1.807) is 7.11 Å². The predicted molar refractivity (Wildman–Crippen MR) is 101 cm³/mol. The summed E-state index contributed by atoms with van der Waals surface area (Å²) in [5.41, 5.74) is 1.86. The summed E-state index contributed by atoms with van der Waals surface area (Å²) in [6.07, 6.45) is 1.55. The highest BCUT2D eigenvalue weighted by molar-refractivity contribution is 7.89. The lowest BCUT2D eigenvalue weighted by molar-refractivity contribution is -0.00466. The summed E-state index contributed by atoms with van der Waals surface area (Å²) in [4.78, 5) is 1.71. The van der Waals surface area contributed by atoms with Crippen LogP contribution in [0.1, 0.15) is 37.8 Å².